The first-order valence-corrected chi connectivity index (χ1v) is 5.82. The van der Waals surface area contributed by atoms with Crippen LogP contribution in [-0.2, 0) is 19.7 Å². The number of nitrogens with zero attached hydrogens (tertiary/aromatic N) is 1. The Kier molecular flexibility index (Phi) is 4.70. The summed E-state index contributed by atoms with van der Waals surface area (Å²) in [7, 11) is -4.89. The van der Waals surface area contributed by atoms with E-state index >= 15 is 0 Å². The molecule has 0 aliphatic rings. The van der Waals surface area contributed by atoms with Gasteiger partial charge in [-0.25, -0.2) is 0 Å². The Labute approximate surface area is 97.6 Å². The number of rotatable bonds is 4. The van der Waals surface area contributed by atoms with Gasteiger partial charge >= 0.3 is 98.0 Å². The first-order valence-electron chi connectivity index (χ1n) is 3.38. The predicted molar refractivity (Wildman–Crippen MR) is 44.7 cm³/mol. The van der Waals surface area contributed by atoms with E-state index in [-0.39, 0.29) is 34.3 Å². The normalized spacial score (nSPS) is 15.0. The Morgan fingerprint density at radius 1 is 1.71 bits per heavy atom. The van der Waals surface area contributed by atoms with E-state index in [1.807, 2.05) is 5.32 Å². The van der Waals surface area contributed by atoms with Gasteiger partial charge in [0.25, 0.3) is 0 Å². The van der Waals surface area contributed by atoms with Crippen molar-refractivity contribution in [1.82, 2.24) is 5.32 Å². The summed E-state index contributed by atoms with van der Waals surface area (Å²) in [6.07, 6.45) is 0.237. The van der Waals surface area contributed by atoms with E-state index in [1.165, 1.54) is 6.07 Å². The third-order valence-corrected chi connectivity index (χ3v) is 3.78. The minimum atomic E-state index is -4.89. The van der Waals surface area contributed by atoms with Gasteiger partial charge in [0.05, 0.1) is 0 Å². The van der Waals surface area contributed by atoms with Crippen LogP contribution in [-0.4, -0.2) is 59.0 Å². The van der Waals surface area contributed by atoms with E-state index in [1.54, 1.807) is 0 Å². The molecule has 0 bridgehead atoms. The average molecular weight is 228 g/mol. The summed E-state index contributed by atoms with van der Waals surface area (Å²) in [5.74, 6) is 0. The van der Waals surface area contributed by atoms with Crippen molar-refractivity contribution in [2.24, 2.45) is 0 Å². The number of carbonyl (C=O) groups is 2. The fraction of sp³-hybridized carbons (Fsp3) is 0.400. The summed E-state index contributed by atoms with van der Waals surface area (Å²) < 4.78 is 27.5. The van der Waals surface area contributed by atoms with Gasteiger partial charge in [0.1, 0.15) is 0 Å². The number of nitrogens with one attached hydrogen (secondary N) is 1. The van der Waals surface area contributed by atoms with Gasteiger partial charge in [-0.3, -0.25) is 0 Å². The quantitative estimate of drug-likeness (QED) is 0.325. The van der Waals surface area contributed by atoms with Gasteiger partial charge < -0.3 is 0 Å². The molecule has 0 radical (unpaired) electrons. The van der Waals surface area contributed by atoms with Gasteiger partial charge in [0.2, 0.25) is 0 Å². The van der Waals surface area contributed by atoms with E-state index in [0.717, 1.165) is 0 Å². The number of nitriles is 1. The fourth-order valence-corrected chi connectivity index (χ4v) is 2.35. The van der Waals surface area contributed by atoms with E-state index in [4.69, 9.17) is 9.81 Å². The molecule has 9 heteroatoms. The van der Waals surface area contributed by atoms with Crippen molar-refractivity contribution in [3.05, 3.63) is 0 Å². The molecule has 0 aromatic carbocycles. The molecule has 1 atom stereocenters. The molecule has 14 heavy (non-hydrogen) atoms. The van der Waals surface area contributed by atoms with Gasteiger partial charge in [0, 0.05) is 0 Å². The molecule has 1 unspecified atom stereocenters. The third kappa shape index (κ3) is 3.36. The molecule has 0 fully saturated rings. The van der Waals surface area contributed by atoms with Crippen molar-refractivity contribution in [2.45, 2.75) is 2.66 Å². The standard InChI is InChI=1S/C5H5N2O5S.Na/c6-1-4(2-7-3-8)5(9)13(10,11)12;/h3H,2H2,(H,7,8)(H,10,11,12);. The van der Waals surface area contributed by atoms with E-state index in [9.17, 15) is 18.0 Å². The zero-order valence-electron chi connectivity index (χ0n) is 7.22. The van der Waals surface area contributed by atoms with Gasteiger partial charge in [-0.15, -0.1) is 0 Å². The van der Waals surface area contributed by atoms with Crippen LogP contribution in [0.4, 0.5) is 0 Å². The van der Waals surface area contributed by atoms with Crippen LogP contribution < -0.4 is 5.32 Å². The molecule has 1 amide bonds. The van der Waals surface area contributed by atoms with Crippen molar-refractivity contribution in [1.29, 1.82) is 5.26 Å². The van der Waals surface area contributed by atoms with Crippen molar-refractivity contribution in [3.63, 3.8) is 0 Å². The van der Waals surface area contributed by atoms with Crippen molar-refractivity contribution in [2.75, 3.05) is 6.54 Å². The Morgan fingerprint density at radius 3 is 2.50 bits per heavy atom. The van der Waals surface area contributed by atoms with Crippen LogP contribution in [0.15, 0.2) is 0 Å². The molecule has 0 heterocycles. The SMILES string of the molecule is N#C[C]([Na])(CNC=O)C(=O)S(=O)(=O)O. The topological polar surface area (TPSA) is 124 Å². The monoisotopic (exact) mass is 228 g/mol. The van der Waals surface area contributed by atoms with Crippen LogP contribution in [0.25, 0.3) is 0 Å². The second-order valence-corrected chi connectivity index (χ2v) is 5.73. The van der Waals surface area contributed by atoms with Gasteiger partial charge in [0.15, 0.2) is 0 Å². The number of carbonyl (C=O) groups excluding carboxylic acids is 2. The van der Waals surface area contributed by atoms with E-state index < -0.39 is 24.4 Å². The molecule has 0 rings (SSSR count). The summed E-state index contributed by atoms with van der Waals surface area (Å²) in [4.78, 5) is 21.0. The molecule has 0 saturated carbocycles. The minimum absolute atomic E-state index is 0.123. The van der Waals surface area contributed by atoms with Crippen molar-refractivity contribution in [3.8, 4) is 6.07 Å². The second kappa shape index (κ2) is 4.86. The van der Waals surface area contributed by atoms with Crippen LogP contribution in [0.5, 0.6) is 0 Å². The molecule has 0 aromatic rings. The first-order chi connectivity index (χ1) is 6.28. The second-order valence-electron chi connectivity index (χ2n) is 2.71. The van der Waals surface area contributed by atoms with Crippen molar-refractivity contribution < 1.29 is 22.6 Å². The van der Waals surface area contributed by atoms with E-state index in [0.29, 0.717) is 0 Å². The van der Waals surface area contributed by atoms with Gasteiger partial charge in [-0.2, -0.15) is 0 Å². The summed E-state index contributed by atoms with van der Waals surface area (Å²) in [5.41, 5.74) is 0. The van der Waals surface area contributed by atoms with Crippen LogP contribution in [0.3, 0.4) is 0 Å². The molecule has 0 saturated heterocycles. The summed E-state index contributed by atoms with van der Waals surface area (Å²) >= 11 is -0.123. The zero-order chi connectivity index (χ0) is 11.4. The Balaban J connectivity index is 4.99. The molecule has 7 nitrogen and oxygen atoms in total. The zero-order valence-corrected chi connectivity index (χ0v) is 10.0. The van der Waals surface area contributed by atoms with Crippen LogP contribution in [0.1, 0.15) is 0 Å². The average Bonchev–Trinajstić information content (AvgIpc) is 2.11. The molecule has 72 valence electrons. The molecule has 0 spiro atoms. The Morgan fingerprint density at radius 2 is 2.21 bits per heavy atom. The fourth-order valence-electron chi connectivity index (χ4n) is 0.688. The van der Waals surface area contributed by atoms with E-state index in [2.05, 4.69) is 0 Å². The maximum atomic E-state index is 11.0. The first kappa shape index (κ1) is 13.5. The third-order valence-electron chi connectivity index (χ3n) is 1.47. The number of hydrogen-bond donors (Lipinski definition) is 2. The Bertz CT molecular complexity index is 385. The van der Waals surface area contributed by atoms with Crippen LogP contribution in [0, 0.1) is 11.3 Å². The predicted octanol–water partition coefficient (Wildman–Crippen LogP) is -2.00. The van der Waals surface area contributed by atoms with Gasteiger partial charge in [-0.05, 0) is 0 Å². The molecule has 2 N–H and O–H groups in total. The molecule has 0 aliphatic carbocycles. The van der Waals surface area contributed by atoms with Crippen molar-refractivity contribution >= 4 is 49.6 Å². The Hall–Kier alpha value is -0.460. The summed E-state index contributed by atoms with van der Waals surface area (Å²) in [6.45, 7) is -0.419. The molecular formula is C5H5N2NaO5S. The molecule has 0 aromatic heterocycles. The number of hydrogen-bond acceptors (Lipinski definition) is 5. The van der Waals surface area contributed by atoms with Gasteiger partial charge in [-0.1, -0.05) is 0 Å². The molecular weight excluding hydrogens is 223 g/mol. The van der Waals surface area contributed by atoms with Crippen LogP contribution >= 0.6 is 0 Å². The summed E-state index contributed by atoms with van der Waals surface area (Å²) in [5, 5.41) is 9.03. The molecule has 0 aliphatic heterocycles. The summed E-state index contributed by atoms with van der Waals surface area (Å²) in [6, 6.07) is 1.47. The maximum absolute atomic E-state index is 11.0. The van der Waals surface area contributed by atoms with Crippen LogP contribution in [0.2, 0.25) is 2.66 Å². The number of amides is 1.